The van der Waals surface area contributed by atoms with E-state index in [1.165, 1.54) is 5.69 Å². The first-order chi connectivity index (χ1) is 8.82. The van der Waals surface area contributed by atoms with Gasteiger partial charge in [0, 0.05) is 53.7 Å². The van der Waals surface area contributed by atoms with E-state index in [9.17, 15) is 0 Å². The molecule has 0 fully saturated rings. The Hall–Kier alpha value is -1.35. The lowest BCUT2D eigenvalue weighted by Crippen LogP contribution is -2.14. The molecule has 4 heteroatoms. The molecule has 0 N–H and O–H groups in total. The molecular formula is C15H24ClN3. The van der Waals surface area contributed by atoms with Crippen LogP contribution in [-0.2, 0) is 0 Å². The van der Waals surface area contributed by atoms with Crippen LogP contribution in [-0.4, -0.2) is 47.2 Å². The van der Waals surface area contributed by atoms with Crippen LogP contribution in [0.5, 0.6) is 0 Å². The summed E-state index contributed by atoms with van der Waals surface area (Å²) in [6.07, 6.45) is 3.98. The van der Waals surface area contributed by atoms with E-state index >= 15 is 0 Å². The Labute approximate surface area is 122 Å². The second kappa shape index (κ2) is 6.71. The van der Waals surface area contributed by atoms with Gasteiger partial charge in [0.05, 0.1) is 5.38 Å². The molecule has 0 saturated heterocycles. The number of rotatable bonds is 5. The Morgan fingerprint density at radius 2 is 1.63 bits per heavy atom. The maximum atomic E-state index is 6.48. The quantitative estimate of drug-likeness (QED) is 0.768. The monoisotopic (exact) mass is 281 g/mol. The highest BCUT2D eigenvalue weighted by molar-refractivity contribution is 6.22. The third-order valence-electron chi connectivity index (χ3n) is 2.86. The van der Waals surface area contributed by atoms with Gasteiger partial charge in [-0.3, -0.25) is 0 Å². The van der Waals surface area contributed by atoms with Gasteiger partial charge in [-0.05, 0) is 30.0 Å². The first kappa shape index (κ1) is 15.7. The van der Waals surface area contributed by atoms with Gasteiger partial charge in [-0.25, -0.2) is 0 Å². The minimum Gasteiger partial charge on any atom is -0.384 e. The summed E-state index contributed by atoms with van der Waals surface area (Å²) in [7, 11) is 12.1. The summed E-state index contributed by atoms with van der Waals surface area (Å²) in [4.78, 5) is 6.18. The van der Waals surface area contributed by atoms with Gasteiger partial charge in [-0.1, -0.05) is 6.07 Å². The van der Waals surface area contributed by atoms with Crippen LogP contribution < -0.4 is 9.80 Å². The molecule has 1 aromatic rings. The minimum atomic E-state index is -0.129. The maximum Gasteiger partial charge on any atom is 0.0803 e. The zero-order valence-electron chi connectivity index (χ0n) is 12.7. The molecule has 0 aliphatic rings. The van der Waals surface area contributed by atoms with Crippen LogP contribution in [0.15, 0.2) is 30.5 Å². The van der Waals surface area contributed by atoms with Crippen molar-refractivity contribution in [1.82, 2.24) is 4.90 Å². The van der Waals surface area contributed by atoms with E-state index in [4.69, 9.17) is 11.6 Å². The predicted molar refractivity (Wildman–Crippen MR) is 86.5 cm³/mol. The normalized spacial score (nSPS) is 12.6. The fraction of sp³-hybridized carbons (Fsp3) is 0.467. The smallest absolute Gasteiger partial charge is 0.0803 e. The maximum absolute atomic E-state index is 6.48. The van der Waals surface area contributed by atoms with Gasteiger partial charge in [0.1, 0.15) is 0 Å². The van der Waals surface area contributed by atoms with E-state index < -0.39 is 0 Å². The van der Waals surface area contributed by atoms with Crippen molar-refractivity contribution in [2.45, 2.75) is 5.38 Å². The molecule has 0 aromatic heterocycles. The van der Waals surface area contributed by atoms with E-state index in [2.05, 4.69) is 28.0 Å². The SMILES string of the molecule is CN(C)C=CC(Cl)c1ccc(N(C)C)cc1N(C)C. The zero-order valence-corrected chi connectivity index (χ0v) is 13.4. The number of allylic oxidation sites excluding steroid dienone is 1. The summed E-state index contributed by atoms with van der Waals surface area (Å²) < 4.78 is 0. The number of benzene rings is 1. The number of hydrogen-bond acceptors (Lipinski definition) is 3. The molecule has 0 bridgehead atoms. The average molecular weight is 282 g/mol. The molecule has 0 radical (unpaired) electrons. The van der Waals surface area contributed by atoms with E-state index in [-0.39, 0.29) is 5.38 Å². The molecule has 0 amide bonds. The van der Waals surface area contributed by atoms with Gasteiger partial charge < -0.3 is 14.7 Å². The highest BCUT2D eigenvalue weighted by Crippen LogP contribution is 2.33. The molecule has 0 aliphatic heterocycles. The van der Waals surface area contributed by atoms with E-state index in [0.717, 1.165) is 11.3 Å². The Morgan fingerprint density at radius 1 is 1.00 bits per heavy atom. The van der Waals surface area contributed by atoms with Crippen molar-refractivity contribution < 1.29 is 0 Å². The van der Waals surface area contributed by atoms with Crippen molar-refractivity contribution in [3.8, 4) is 0 Å². The molecule has 0 saturated carbocycles. The van der Waals surface area contributed by atoms with E-state index in [1.807, 2.05) is 59.5 Å². The van der Waals surface area contributed by atoms with Crippen molar-refractivity contribution in [2.75, 3.05) is 52.1 Å². The van der Waals surface area contributed by atoms with Crippen LogP contribution in [0.2, 0.25) is 0 Å². The number of alkyl halides is 1. The third kappa shape index (κ3) is 4.35. The molecular weight excluding hydrogens is 258 g/mol. The molecule has 106 valence electrons. The Bertz CT molecular complexity index is 439. The lowest BCUT2D eigenvalue weighted by molar-refractivity contribution is 0.561. The summed E-state index contributed by atoms with van der Waals surface area (Å²) in [5.41, 5.74) is 3.44. The first-order valence-electron chi connectivity index (χ1n) is 6.30. The molecule has 0 aliphatic carbocycles. The third-order valence-corrected chi connectivity index (χ3v) is 3.24. The Kier molecular flexibility index (Phi) is 5.55. The van der Waals surface area contributed by atoms with Crippen molar-refractivity contribution in [2.24, 2.45) is 0 Å². The first-order valence-corrected chi connectivity index (χ1v) is 6.74. The zero-order chi connectivity index (χ0) is 14.6. The van der Waals surface area contributed by atoms with Gasteiger partial charge in [0.25, 0.3) is 0 Å². The Balaban J connectivity index is 3.12. The Morgan fingerprint density at radius 3 is 2.11 bits per heavy atom. The highest BCUT2D eigenvalue weighted by atomic mass is 35.5. The van der Waals surface area contributed by atoms with Crippen LogP contribution in [0.1, 0.15) is 10.9 Å². The molecule has 1 aromatic carbocycles. The molecule has 0 spiro atoms. The fourth-order valence-corrected chi connectivity index (χ4v) is 2.03. The lowest BCUT2D eigenvalue weighted by atomic mass is 10.1. The average Bonchev–Trinajstić information content (AvgIpc) is 2.34. The lowest BCUT2D eigenvalue weighted by Gasteiger charge is -2.23. The van der Waals surface area contributed by atoms with Gasteiger partial charge in [-0.2, -0.15) is 0 Å². The fourth-order valence-electron chi connectivity index (χ4n) is 1.78. The van der Waals surface area contributed by atoms with Crippen molar-refractivity contribution in [3.63, 3.8) is 0 Å². The summed E-state index contributed by atoms with van der Waals surface area (Å²) in [5.74, 6) is 0. The summed E-state index contributed by atoms with van der Waals surface area (Å²) >= 11 is 6.48. The molecule has 3 nitrogen and oxygen atoms in total. The number of hydrogen-bond donors (Lipinski definition) is 0. The van der Waals surface area contributed by atoms with Crippen LogP contribution in [0.25, 0.3) is 0 Å². The van der Waals surface area contributed by atoms with Gasteiger partial charge in [-0.15, -0.1) is 11.6 Å². The van der Waals surface area contributed by atoms with Crippen LogP contribution in [0.3, 0.4) is 0 Å². The highest BCUT2D eigenvalue weighted by Gasteiger charge is 2.13. The van der Waals surface area contributed by atoms with Crippen LogP contribution in [0, 0.1) is 0 Å². The number of halogens is 1. The van der Waals surface area contributed by atoms with Crippen molar-refractivity contribution in [3.05, 3.63) is 36.0 Å². The summed E-state index contributed by atoms with van der Waals surface area (Å²) in [5, 5.41) is -0.129. The molecule has 19 heavy (non-hydrogen) atoms. The van der Waals surface area contributed by atoms with E-state index in [1.54, 1.807) is 0 Å². The van der Waals surface area contributed by atoms with Crippen LogP contribution in [0.4, 0.5) is 11.4 Å². The van der Waals surface area contributed by atoms with Crippen molar-refractivity contribution >= 4 is 23.0 Å². The molecule has 1 rings (SSSR count). The second-order valence-corrected chi connectivity index (χ2v) is 5.71. The van der Waals surface area contributed by atoms with Crippen LogP contribution >= 0.6 is 11.6 Å². The largest absolute Gasteiger partial charge is 0.384 e. The minimum absolute atomic E-state index is 0.129. The topological polar surface area (TPSA) is 9.72 Å². The summed E-state index contributed by atoms with van der Waals surface area (Å²) in [6.45, 7) is 0. The molecule has 1 atom stereocenters. The summed E-state index contributed by atoms with van der Waals surface area (Å²) in [6, 6.07) is 6.36. The molecule has 1 unspecified atom stereocenters. The van der Waals surface area contributed by atoms with Gasteiger partial charge in [0.2, 0.25) is 0 Å². The number of anilines is 2. The van der Waals surface area contributed by atoms with E-state index in [0.29, 0.717) is 0 Å². The molecule has 0 heterocycles. The van der Waals surface area contributed by atoms with Gasteiger partial charge in [0.15, 0.2) is 0 Å². The van der Waals surface area contributed by atoms with Crippen molar-refractivity contribution in [1.29, 1.82) is 0 Å². The number of nitrogens with zero attached hydrogens (tertiary/aromatic N) is 3. The second-order valence-electron chi connectivity index (χ2n) is 5.24. The predicted octanol–water partition coefficient (Wildman–Crippen LogP) is 3.17. The van der Waals surface area contributed by atoms with Gasteiger partial charge >= 0.3 is 0 Å². The standard InChI is InChI=1S/C15H24ClN3/c1-17(2)10-9-14(16)13-8-7-12(18(3)4)11-15(13)19(5)6/h7-11,14H,1-6H3.